The number of para-hydroxylation sites is 1. The van der Waals surface area contributed by atoms with Crippen LogP contribution in [0.5, 0.6) is 17.2 Å². The van der Waals surface area contributed by atoms with Crippen molar-refractivity contribution in [3.05, 3.63) is 109 Å². The van der Waals surface area contributed by atoms with Gasteiger partial charge in [-0.1, -0.05) is 69.3 Å². The Hall–Kier alpha value is -5.04. The van der Waals surface area contributed by atoms with E-state index in [1.807, 2.05) is 97.1 Å². The van der Waals surface area contributed by atoms with Gasteiger partial charge in [-0.15, -0.1) is 0 Å². The molecule has 1 heterocycles. The minimum atomic E-state index is -0.367. The SMILES string of the molecule is COc1ccc(C(C)(C)C)cc1NC(=O)Nc1ccc(Oc2ccnc(Nc3ccccc3)c2)c2ccccc12. The molecule has 5 aromatic rings. The summed E-state index contributed by atoms with van der Waals surface area (Å²) in [4.78, 5) is 17.5. The van der Waals surface area contributed by atoms with Crippen molar-refractivity contribution in [2.24, 2.45) is 0 Å². The number of benzene rings is 4. The van der Waals surface area contributed by atoms with E-state index in [4.69, 9.17) is 9.47 Å². The lowest BCUT2D eigenvalue weighted by atomic mass is 9.87. The Balaban J connectivity index is 1.36. The molecule has 0 aliphatic carbocycles. The highest BCUT2D eigenvalue weighted by Gasteiger charge is 2.18. The quantitative estimate of drug-likeness (QED) is 0.195. The van der Waals surface area contributed by atoms with Crippen LogP contribution >= 0.6 is 0 Å². The van der Waals surface area contributed by atoms with Gasteiger partial charge >= 0.3 is 6.03 Å². The Morgan fingerprint density at radius 2 is 1.45 bits per heavy atom. The smallest absolute Gasteiger partial charge is 0.323 e. The minimum absolute atomic E-state index is 0.0710. The number of hydrogen-bond donors (Lipinski definition) is 3. The molecule has 0 saturated carbocycles. The van der Waals surface area contributed by atoms with Crippen LogP contribution in [0.25, 0.3) is 10.8 Å². The van der Waals surface area contributed by atoms with E-state index < -0.39 is 0 Å². The van der Waals surface area contributed by atoms with E-state index in [1.54, 1.807) is 13.3 Å². The van der Waals surface area contributed by atoms with Crippen molar-refractivity contribution in [1.82, 2.24) is 4.98 Å². The first-order valence-corrected chi connectivity index (χ1v) is 13.0. The molecule has 0 spiro atoms. The van der Waals surface area contributed by atoms with E-state index in [2.05, 4.69) is 41.7 Å². The number of carbonyl (C=O) groups is 1. The van der Waals surface area contributed by atoms with E-state index in [9.17, 15) is 4.79 Å². The zero-order valence-electron chi connectivity index (χ0n) is 23.0. The molecule has 0 atom stereocenters. The van der Waals surface area contributed by atoms with E-state index in [0.717, 1.165) is 22.0 Å². The molecule has 202 valence electrons. The third-order valence-corrected chi connectivity index (χ3v) is 6.45. The Morgan fingerprint density at radius 3 is 2.20 bits per heavy atom. The van der Waals surface area contributed by atoms with E-state index in [0.29, 0.717) is 34.4 Å². The van der Waals surface area contributed by atoms with Crippen LogP contribution in [0.2, 0.25) is 0 Å². The molecule has 5 rings (SSSR count). The van der Waals surface area contributed by atoms with Crippen LogP contribution in [0.3, 0.4) is 0 Å². The fraction of sp³-hybridized carbons (Fsp3) is 0.152. The molecule has 7 heteroatoms. The Morgan fingerprint density at radius 1 is 0.750 bits per heavy atom. The number of anilines is 4. The molecule has 4 aromatic carbocycles. The monoisotopic (exact) mass is 532 g/mol. The normalized spacial score (nSPS) is 11.1. The van der Waals surface area contributed by atoms with Crippen LogP contribution in [0.4, 0.5) is 27.7 Å². The summed E-state index contributed by atoms with van der Waals surface area (Å²) in [6, 6.07) is 30.4. The van der Waals surface area contributed by atoms with E-state index in [-0.39, 0.29) is 11.4 Å². The van der Waals surface area contributed by atoms with Gasteiger partial charge in [-0.05, 0) is 53.4 Å². The number of pyridine rings is 1. The molecule has 0 aliphatic rings. The first-order chi connectivity index (χ1) is 19.3. The predicted octanol–water partition coefficient (Wildman–Crippen LogP) is 8.72. The highest BCUT2D eigenvalue weighted by molar-refractivity contribution is 6.08. The molecule has 0 fully saturated rings. The molecule has 0 radical (unpaired) electrons. The van der Waals surface area contributed by atoms with Crippen LogP contribution in [-0.4, -0.2) is 18.1 Å². The number of aromatic nitrogens is 1. The average molecular weight is 533 g/mol. The number of fused-ring (bicyclic) bond motifs is 1. The first kappa shape index (κ1) is 26.6. The molecule has 0 saturated heterocycles. The van der Waals surface area contributed by atoms with Crippen LogP contribution in [0.1, 0.15) is 26.3 Å². The number of nitrogens with one attached hydrogen (secondary N) is 3. The van der Waals surface area contributed by atoms with Gasteiger partial charge in [0.15, 0.2) is 0 Å². The number of methoxy groups -OCH3 is 1. The highest BCUT2D eigenvalue weighted by Crippen LogP contribution is 2.36. The van der Waals surface area contributed by atoms with Gasteiger partial charge in [-0.25, -0.2) is 9.78 Å². The van der Waals surface area contributed by atoms with Gasteiger partial charge in [0, 0.05) is 28.7 Å². The maximum Gasteiger partial charge on any atom is 0.323 e. The van der Waals surface area contributed by atoms with Crippen molar-refractivity contribution in [3.63, 3.8) is 0 Å². The maximum atomic E-state index is 13.1. The lowest BCUT2D eigenvalue weighted by molar-refractivity contribution is 0.262. The number of nitrogens with zero attached hydrogens (tertiary/aromatic N) is 1. The summed E-state index contributed by atoms with van der Waals surface area (Å²) < 4.78 is 11.8. The van der Waals surface area contributed by atoms with Crippen molar-refractivity contribution in [1.29, 1.82) is 0 Å². The summed E-state index contributed by atoms with van der Waals surface area (Å²) >= 11 is 0. The number of amides is 2. The van der Waals surface area contributed by atoms with Crippen molar-refractivity contribution in [2.45, 2.75) is 26.2 Å². The van der Waals surface area contributed by atoms with Crippen molar-refractivity contribution in [2.75, 3.05) is 23.1 Å². The molecule has 0 unspecified atom stereocenters. The van der Waals surface area contributed by atoms with Crippen molar-refractivity contribution in [3.8, 4) is 17.2 Å². The summed E-state index contributed by atoms with van der Waals surface area (Å²) in [5.74, 6) is 2.57. The predicted molar refractivity (Wildman–Crippen MR) is 162 cm³/mol. The molecule has 3 N–H and O–H groups in total. The minimum Gasteiger partial charge on any atom is -0.495 e. The number of carbonyl (C=O) groups excluding carboxylic acids is 1. The molecular formula is C33H32N4O3. The standard InChI is InChI=1S/C33H32N4O3/c1-33(2,3)22-14-16-30(39-4)28(20-22)37-32(38)36-27-15-17-29(26-13-9-8-12-25(26)27)40-24-18-19-34-31(21-24)35-23-10-6-5-7-11-23/h5-21H,1-4H3,(H,34,35)(H2,36,37,38). The van der Waals surface area contributed by atoms with Crippen molar-refractivity contribution >= 4 is 39.7 Å². The molecule has 1 aromatic heterocycles. The maximum absolute atomic E-state index is 13.1. The average Bonchev–Trinajstić information content (AvgIpc) is 2.94. The summed E-state index contributed by atoms with van der Waals surface area (Å²) in [5.41, 5.74) is 3.22. The second-order valence-corrected chi connectivity index (χ2v) is 10.4. The fourth-order valence-corrected chi connectivity index (χ4v) is 4.36. The largest absolute Gasteiger partial charge is 0.495 e. The third-order valence-electron chi connectivity index (χ3n) is 6.45. The zero-order chi connectivity index (χ0) is 28.1. The molecule has 7 nitrogen and oxygen atoms in total. The van der Waals surface area contributed by atoms with Gasteiger partial charge in [0.05, 0.1) is 18.5 Å². The summed E-state index contributed by atoms with van der Waals surface area (Å²) in [5, 5.41) is 10.9. The number of rotatable bonds is 7. The summed E-state index contributed by atoms with van der Waals surface area (Å²) in [7, 11) is 1.59. The van der Waals surface area contributed by atoms with Crippen LogP contribution in [-0.2, 0) is 5.41 Å². The number of urea groups is 1. The van der Waals surface area contributed by atoms with Gasteiger partial charge < -0.3 is 25.4 Å². The summed E-state index contributed by atoms with van der Waals surface area (Å²) in [6.45, 7) is 6.38. The Kier molecular flexibility index (Phi) is 7.55. The molecule has 0 bridgehead atoms. The summed E-state index contributed by atoms with van der Waals surface area (Å²) in [6.07, 6.45) is 1.70. The molecule has 40 heavy (non-hydrogen) atoms. The lowest BCUT2D eigenvalue weighted by Gasteiger charge is -2.21. The van der Waals surface area contributed by atoms with Gasteiger partial charge in [-0.3, -0.25) is 0 Å². The second kappa shape index (κ2) is 11.4. The fourth-order valence-electron chi connectivity index (χ4n) is 4.36. The Bertz CT molecular complexity index is 1650. The van der Waals surface area contributed by atoms with Crippen LogP contribution in [0, 0.1) is 0 Å². The van der Waals surface area contributed by atoms with Gasteiger partial charge in [0.2, 0.25) is 0 Å². The van der Waals surface area contributed by atoms with Crippen LogP contribution in [0.15, 0.2) is 103 Å². The molecule has 0 aliphatic heterocycles. The highest BCUT2D eigenvalue weighted by atomic mass is 16.5. The second-order valence-electron chi connectivity index (χ2n) is 10.4. The Labute approximate surface area is 234 Å². The molecular weight excluding hydrogens is 500 g/mol. The zero-order valence-corrected chi connectivity index (χ0v) is 23.0. The topological polar surface area (TPSA) is 84.5 Å². The van der Waals surface area contributed by atoms with E-state index >= 15 is 0 Å². The van der Waals surface area contributed by atoms with Crippen molar-refractivity contribution < 1.29 is 14.3 Å². The molecule has 2 amide bonds. The van der Waals surface area contributed by atoms with E-state index in [1.165, 1.54) is 0 Å². The number of ether oxygens (including phenoxy) is 2. The van der Waals surface area contributed by atoms with Gasteiger partial charge in [-0.2, -0.15) is 0 Å². The third kappa shape index (κ3) is 6.15. The van der Waals surface area contributed by atoms with Gasteiger partial charge in [0.25, 0.3) is 0 Å². The van der Waals surface area contributed by atoms with Gasteiger partial charge in [0.1, 0.15) is 23.1 Å². The lowest BCUT2D eigenvalue weighted by Crippen LogP contribution is -2.21. The van der Waals surface area contributed by atoms with Crippen LogP contribution < -0.4 is 25.4 Å². The first-order valence-electron chi connectivity index (χ1n) is 13.0. The number of hydrogen-bond acceptors (Lipinski definition) is 5.